The number of carboxylic acid groups (broad SMARTS) is 1. The second kappa shape index (κ2) is 9.82. The summed E-state index contributed by atoms with van der Waals surface area (Å²) in [5.74, 6) is -0.00940. The minimum atomic E-state index is -0.792. The van der Waals surface area contributed by atoms with E-state index in [1.54, 1.807) is 29.2 Å². The number of likely N-dealkylation sites (tertiary alicyclic amines) is 1. The van der Waals surface area contributed by atoms with Crippen molar-refractivity contribution < 1.29 is 19.5 Å². The third kappa shape index (κ3) is 6.71. The van der Waals surface area contributed by atoms with Crippen molar-refractivity contribution in [1.29, 1.82) is 0 Å². The van der Waals surface area contributed by atoms with Crippen LogP contribution in [0, 0.1) is 5.92 Å². The highest BCUT2D eigenvalue weighted by Crippen LogP contribution is 2.22. The van der Waals surface area contributed by atoms with Crippen molar-refractivity contribution in [2.75, 3.05) is 24.6 Å². The maximum atomic E-state index is 12.3. The lowest BCUT2D eigenvalue weighted by molar-refractivity contribution is -0.137. The number of nitrogens with zero attached hydrogens (tertiary/aromatic N) is 1. The number of ketones is 1. The quantitative estimate of drug-likeness (QED) is 0.696. The number of rotatable bonds is 8. The van der Waals surface area contributed by atoms with Crippen LogP contribution in [0.15, 0.2) is 24.3 Å². The minimum Gasteiger partial charge on any atom is -0.481 e. The summed E-state index contributed by atoms with van der Waals surface area (Å²) in [4.78, 5) is 36.9. The molecule has 1 aliphatic rings. The van der Waals surface area contributed by atoms with Crippen molar-refractivity contribution in [1.82, 2.24) is 4.90 Å². The molecule has 1 heterocycles. The van der Waals surface area contributed by atoms with E-state index < -0.39 is 5.97 Å². The molecule has 0 radical (unpaired) electrons. The molecule has 1 fully saturated rings. The fraction of sp³-hybridized carbons (Fsp3) is 0.500. The molecule has 0 aromatic heterocycles. The molecule has 1 N–H and O–H groups in total. The number of aliphatic carboxylic acids is 1. The Balaban J connectivity index is 1.73. The number of halogens is 1. The Morgan fingerprint density at radius 3 is 2.60 bits per heavy atom. The van der Waals surface area contributed by atoms with Gasteiger partial charge >= 0.3 is 5.97 Å². The average molecular weight is 384 g/mol. The molecule has 1 saturated heterocycles. The van der Waals surface area contributed by atoms with Crippen molar-refractivity contribution in [2.24, 2.45) is 5.92 Å². The first-order chi connectivity index (χ1) is 12.0. The van der Waals surface area contributed by atoms with Crippen molar-refractivity contribution in [3.8, 4) is 0 Å². The smallest absolute Gasteiger partial charge is 0.303 e. The van der Waals surface area contributed by atoms with Gasteiger partial charge < -0.3 is 10.0 Å². The second-order valence-corrected chi connectivity index (χ2v) is 7.63. The lowest BCUT2D eigenvalue weighted by atomic mass is 9.93. The predicted octanol–water partition coefficient (Wildman–Crippen LogP) is 3.36. The lowest BCUT2D eigenvalue weighted by Crippen LogP contribution is -2.41. The predicted molar refractivity (Wildman–Crippen MR) is 99.3 cm³/mol. The zero-order chi connectivity index (χ0) is 18.2. The zero-order valence-electron chi connectivity index (χ0n) is 13.9. The Kier molecular flexibility index (Phi) is 7.78. The molecule has 1 unspecified atom stereocenters. The maximum Gasteiger partial charge on any atom is 0.303 e. The SMILES string of the molecule is O=C(O)CCC1CCCN(C(=O)CSCC(=O)c2ccc(Cl)cc2)C1. The van der Waals surface area contributed by atoms with Crippen LogP contribution in [0.2, 0.25) is 5.02 Å². The number of amides is 1. The third-order valence-corrected chi connectivity index (χ3v) is 5.43. The summed E-state index contributed by atoms with van der Waals surface area (Å²) in [5, 5.41) is 9.36. The van der Waals surface area contributed by atoms with E-state index in [9.17, 15) is 14.4 Å². The molecule has 136 valence electrons. The molecule has 0 saturated carbocycles. The Labute approximate surface area is 156 Å². The Hall–Kier alpha value is -1.53. The first-order valence-electron chi connectivity index (χ1n) is 8.32. The number of thioether (sulfide) groups is 1. The van der Waals surface area contributed by atoms with E-state index in [-0.39, 0.29) is 35.5 Å². The molecule has 0 bridgehead atoms. The number of hydrogen-bond acceptors (Lipinski definition) is 4. The van der Waals surface area contributed by atoms with Crippen LogP contribution in [0.5, 0.6) is 0 Å². The topological polar surface area (TPSA) is 74.7 Å². The molecule has 0 spiro atoms. The summed E-state index contributed by atoms with van der Waals surface area (Å²) >= 11 is 7.11. The van der Waals surface area contributed by atoms with Gasteiger partial charge in [0.2, 0.25) is 5.91 Å². The van der Waals surface area contributed by atoms with Crippen molar-refractivity contribution in [2.45, 2.75) is 25.7 Å². The van der Waals surface area contributed by atoms with E-state index in [4.69, 9.17) is 16.7 Å². The number of carbonyl (C=O) groups excluding carboxylic acids is 2. The Morgan fingerprint density at radius 1 is 1.20 bits per heavy atom. The highest BCUT2D eigenvalue weighted by molar-refractivity contribution is 8.00. The van der Waals surface area contributed by atoms with Crippen molar-refractivity contribution in [3.05, 3.63) is 34.9 Å². The fourth-order valence-electron chi connectivity index (χ4n) is 2.90. The van der Waals surface area contributed by atoms with E-state index in [0.29, 0.717) is 30.1 Å². The monoisotopic (exact) mass is 383 g/mol. The molecule has 2 rings (SSSR count). The Morgan fingerprint density at radius 2 is 1.92 bits per heavy atom. The highest BCUT2D eigenvalue weighted by atomic mass is 35.5. The second-order valence-electron chi connectivity index (χ2n) is 6.20. The molecule has 25 heavy (non-hydrogen) atoms. The summed E-state index contributed by atoms with van der Waals surface area (Å²) in [7, 11) is 0. The van der Waals surface area contributed by atoms with Crippen LogP contribution in [0.4, 0.5) is 0 Å². The van der Waals surface area contributed by atoms with Crippen LogP contribution in [0.3, 0.4) is 0 Å². The van der Waals surface area contributed by atoms with Crippen LogP contribution < -0.4 is 0 Å². The number of hydrogen-bond donors (Lipinski definition) is 1. The van der Waals surface area contributed by atoms with Gasteiger partial charge in [-0.15, -0.1) is 11.8 Å². The lowest BCUT2D eigenvalue weighted by Gasteiger charge is -2.32. The van der Waals surface area contributed by atoms with E-state index >= 15 is 0 Å². The van der Waals surface area contributed by atoms with E-state index in [0.717, 1.165) is 12.8 Å². The molecule has 1 aliphatic heterocycles. The Bertz CT molecular complexity index is 620. The number of piperidine rings is 1. The van der Waals surface area contributed by atoms with Crippen LogP contribution in [-0.4, -0.2) is 52.3 Å². The first kappa shape index (κ1) is 19.8. The molecule has 0 aliphatic carbocycles. The standard InChI is InChI=1S/C18H22ClNO4S/c19-15-6-4-14(5-7-15)16(21)11-25-12-17(22)20-9-1-2-13(10-20)3-8-18(23)24/h4-7,13H,1-3,8-12H2,(H,23,24). The van der Waals surface area contributed by atoms with Gasteiger partial charge in [-0.3, -0.25) is 14.4 Å². The van der Waals surface area contributed by atoms with Gasteiger partial charge in [0.25, 0.3) is 0 Å². The summed E-state index contributed by atoms with van der Waals surface area (Å²) in [6.45, 7) is 1.34. The summed E-state index contributed by atoms with van der Waals surface area (Å²) in [5.41, 5.74) is 0.594. The van der Waals surface area contributed by atoms with Gasteiger partial charge in [0.15, 0.2) is 5.78 Å². The van der Waals surface area contributed by atoms with E-state index in [1.807, 2.05) is 0 Å². The van der Waals surface area contributed by atoms with Crippen LogP contribution in [0.25, 0.3) is 0 Å². The molecule has 7 heteroatoms. The van der Waals surface area contributed by atoms with Gasteiger partial charge in [0.1, 0.15) is 0 Å². The largest absolute Gasteiger partial charge is 0.481 e. The number of benzene rings is 1. The van der Waals surface area contributed by atoms with E-state index in [1.165, 1.54) is 11.8 Å². The number of carbonyl (C=O) groups is 3. The third-order valence-electron chi connectivity index (χ3n) is 4.26. The zero-order valence-corrected chi connectivity index (χ0v) is 15.5. The van der Waals surface area contributed by atoms with Gasteiger partial charge in [0, 0.05) is 30.1 Å². The van der Waals surface area contributed by atoms with Gasteiger partial charge in [0.05, 0.1) is 11.5 Å². The van der Waals surface area contributed by atoms with Crippen molar-refractivity contribution >= 4 is 41.0 Å². The number of carboxylic acids is 1. The maximum absolute atomic E-state index is 12.3. The number of Topliss-reactive ketones (excluding diaryl/α,β-unsaturated/α-hetero) is 1. The van der Waals surface area contributed by atoms with Crippen molar-refractivity contribution in [3.63, 3.8) is 0 Å². The van der Waals surface area contributed by atoms with Crippen LogP contribution in [-0.2, 0) is 9.59 Å². The van der Waals surface area contributed by atoms with Crippen LogP contribution in [0.1, 0.15) is 36.0 Å². The molecule has 1 amide bonds. The normalized spacial score (nSPS) is 17.3. The van der Waals surface area contributed by atoms with Gasteiger partial charge in [-0.1, -0.05) is 11.6 Å². The molecule has 5 nitrogen and oxygen atoms in total. The van der Waals surface area contributed by atoms with Gasteiger partial charge in [-0.25, -0.2) is 0 Å². The van der Waals surface area contributed by atoms with Gasteiger partial charge in [-0.2, -0.15) is 0 Å². The van der Waals surface area contributed by atoms with E-state index in [2.05, 4.69) is 0 Å². The molecule has 1 aromatic rings. The average Bonchev–Trinajstić information content (AvgIpc) is 2.60. The van der Waals surface area contributed by atoms with Crippen LogP contribution >= 0.6 is 23.4 Å². The molecule has 1 aromatic carbocycles. The summed E-state index contributed by atoms with van der Waals surface area (Å²) < 4.78 is 0. The summed E-state index contributed by atoms with van der Waals surface area (Å²) in [6.07, 6.45) is 2.64. The molecular formula is C18H22ClNO4S. The first-order valence-corrected chi connectivity index (χ1v) is 9.85. The van der Waals surface area contributed by atoms with Gasteiger partial charge in [-0.05, 0) is 49.4 Å². The molecular weight excluding hydrogens is 362 g/mol. The highest BCUT2D eigenvalue weighted by Gasteiger charge is 2.24. The summed E-state index contributed by atoms with van der Waals surface area (Å²) in [6, 6.07) is 6.72. The fourth-order valence-corrected chi connectivity index (χ4v) is 3.83. The minimum absolute atomic E-state index is 0.0209. The molecule has 1 atom stereocenters.